The maximum absolute atomic E-state index is 12.4. The summed E-state index contributed by atoms with van der Waals surface area (Å²) in [5.41, 5.74) is 5.44. The van der Waals surface area contributed by atoms with Crippen LogP contribution in [0.2, 0.25) is 0 Å². The van der Waals surface area contributed by atoms with Gasteiger partial charge < -0.3 is 15.0 Å². The molecular weight excluding hydrogens is 406 g/mol. The first-order valence-electron chi connectivity index (χ1n) is 10.5. The number of carbonyl (C=O) groups excluding carboxylic acids is 1. The zero-order valence-electron chi connectivity index (χ0n) is 18.1. The molecule has 2 N–H and O–H groups in total. The highest BCUT2D eigenvalue weighted by atomic mass is 32.1. The summed E-state index contributed by atoms with van der Waals surface area (Å²) in [5.74, 6) is 1.33. The number of benzene rings is 2. The summed E-state index contributed by atoms with van der Waals surface area (Å²) in [7, 11) is 1.66. The van der Waals surface area contributed by atoms with Gasteiger partial charge in [0.25, 0.3) is 0 Å². The highest BCUT2D eigenvalue weighted by Gasteiger charge is 2.11. The van der Waals surface area contributed by atoms with E-state index in [2.05, 4.69) is 53.4 Å². The zero-order valence-corrected chi connectivity index (χ0v) is 18.9. The first-order chi connectivity index (χ1) is 15.0. The number of aromatic nitrogens is 2. The van der Waals surface area contributed by atoms with Crippen molar-refractivity contribution in [1.82, 2.24) is 15.3 Å². The number of methoxy groups -OCH3 is 1. The summed E-state index contributed by atoms with van der Waals surface area (Å²) in [6.45, 7) is 4.95. The second-order valence-electron chi connectivity index (χ2n) is 7.92. The molecule has 4 aromatic rings. The maximum Gasteiger partial charge on any atom is 0.226 e. The van der Waals surface area contributed by atoms with Gasteiger partial charge in [-0.1, -0.05) is 38.1 Å². The summed E-state index contributed by atoms with van der Waals surface area (Å²) in [6, 6.07) is 14.5. The van der Waals surface area contributed by atoms with E-state index in [0.717, 1.165) is 44.9 Å². The highest BCUT2D eigenvalue weighted by Crippen LogP contribution is 2.26. The second kappa shape index (κ2) is 9.35. The SMILES string of the molecule is COc1ccc2[nH]cc(CCNC(=O)Cc3csc(-c4ccc(C(C)C)cc4)n3)c2c1. The van der Waals surface area contributed by atoms with Gasteiger partial charge in [-0.25, -0.2) is 4.98 Å². The smallest absolute Gasteiger partial charge is 0.226 e. The van der Waals surface area contributed by atoms with Crippen molar-refractivity contribution >= 4 is 28.1 Å². The number of carbonyl (C=O) groups is 1. The average molecular weight is 434 g/mol. The molecule has 0 saturated heterocycles. The lowest BCUT2D eigenvalue weighted by molar-refractivity contribution is -0.120. The zero-order chi connectivity index (χ0) is 21.8. The van der Waals surface area contributed by atoms with Gasteiger partial charge in [-0.2, -0.15) is 0 Å². The lowest BCUT2D eigenvalue weighted by Gasteiger charge is -2.05. The Morgan fingerprint density at radius 1 is 1.19 bits per heavy atom. The summed E-state index contributed by atoms with van der Waals surface area (Å²) in [4.78, 5) is 20.3. The van der Waals surface area contributed by atoms with E-state index in [1.807, 2.05) is 29.8 Å². The van der Waals surface area contributed by atoms with Crippen molar-refractivity contribution in [2.75, 3.05) is 13.7 Å². The molecule has 0 radical (unpaired) electrons. The van der Waals surface area contributed by atoms with Gasteiger partial charge in [0.2, 0.25) is 5.91 Å². The third-order valence-corrected chi connectivity index (χ3v) is 6.35. The molecule has 0 aliphatic heterocycles. The Labute approximate surface area is 186 Å². The highest BCUT2D eigenvalue weighted by molar-refractivity contribution is 7.13. The van der Waals surface area contributed by atoms with Crippen LogP contribution in [0, 0.1) is 0 Å². The fourth-order valence-corrected chi connectivity index (χ4v) is 4.41. The van der Waals surface area contributed by atoms with Crippen molar-refractivity contribution in [2.24, 2.45) is 0 Å². The van der Waals surface area contributed by atoms with Gasteiger partial charge in [0.1, 0.15) is 10.8 Å². The molecular formula is C25H27N3O2S. The number of thiazole rings is 1. The van der Waals surface area contributed by atoms with E-state index in [-0.39, 0.29) is 5.91 Å². The van der Waals surface area contributed by atoms with Gasteiger partial charge in [0.05, 0.1) is 19.2 Å². The second-order valence-corrected chi connectivity index (χ2v) is 8.78. The van der Waals surface area contributed by atoms with Crippen molar-refractivity contribution in [3.8, 4) is 16.3 Å². The standard InChI is InChI=1S/C25H27N3O2S/c1-16(2)17-4-6-18(7-5-17)25-28-20(15-31-25)12-24(29)26-11-10-19-14-27-23-9-8-21(30-3)13-22(19)23/h4-9,13-16,27H,10-12H2,1-3H3,(H,26,29). The number of amides is 1. The van der Waals surface area contributed by atoms with E-state index >= 15 is 0 Å². The predicted molar refractivity (Wildman–Crippen MR) is 127 cm³/mol. The molecule has 1 amide bonds. The first-order valence-corrected chi connectivity index (χ1v) is 11.4. The number of nitrogens with zero attached hydrogens (tertiary/aromatic N) is 1. The number of aromatic amines is 1. The van der Waals surface area contributed by atoms with Crippen LogP contribution in [0.3, 0.4) is 0 Å². The third kappa shape index (κ3) is 4.97. The Morgan fingerprint density at radius 2 is 2.00 bits per heavy atom. The van der Waals surface area contributed by atoms with Gasteiger partial charge in [0, 0.05) is 34.6 Å². The van der Waals surface area contributed by atoms with Crippen LogP contribution in [0.25, 0.3) is 21.5 Å². The molecule has 31 heavy (non-hydrogen) atoms. The molecule has 0 unspecified atom stereocenters. The van der Waals surface area contributed by atoms with E-state index in [1.54, 1.807) is 18.4 Å². The van der Waals surface area contributed by atoms with Gasteiger partial charge in [-0.05, 0) is 41.7 Å². The summed E-state index contributed by atoms with van der Waals surface area (Å²) < 4.78 is 5.32. The molecule has 5 nitrogen and oxygen atoms in total. The molecule has 0 spiro atoms. The van der Waals surface area contributed by atoms with Crippen LogP contribution in [-0.4, -0.2) is 29.5 Å². The summed E-state index contributed by atoms with van der Waals surface area (Å²) in [6.07, 6.45) is 3.04. The van der Waals surface area contributed by atoms with Crippen LogP contribution in [0.5, 0.6) is 5.75 Å². The van der Waals surface area contributed by atoms with E-state index in [0.29, 0.717) is 18.9 Å². The topological polar surface area (TPSA) is 67.0 Å². The molecule has 0 atom stereocenters. The third-order valence-electron chi connectivity index (χ3n) is 5.41. The number of hydrogen-bond donors (Lipinski definition) is 2. The van der Waals surface area contributed by atoms with Crippen molar-refractivity contribution in [3.05, 3.63) is 70.9 Å². The molecule has 0 bridgehead atoms. The fourth-order valence-electron chi connectivity index (χ4n) is 3.59. The molecule has 6 heteroatoms. The maximum atomic E-state index is 12.4. The quantitative estimate of drug-likeness (QED) is 0.395. The van der Waals surface area contributed by atoms with Crippen LogP contribution in [-0.2, 0) is 17.6 Å². The Kier molecular flexibility index (Phi) is 6.37. The van der Waals surface area contributed by atoms with Crippen molar-refractivity contribution < 1.29 is 9.53 Å². The Morgan fingerprint density at radius 3 is 2.74 bits per heavy atom. The number of nitrogens with one attached hydrogen (secondary N) is 2. The van der Waals surface area contributed by atoms with E-state index in [4.69, 9.17) is 4.74 Å². The van der Waals surface area contributed by atoms with Gasteiger partial charge in [0.15, 0.2) is 0 Å². The number of fused-ring (bicyclic) bond motifs is 1. The number of hydrogen-bond acceptors (Lipinski definition) is 4. The van der Waals surface area contributed by atoms with Crippen molar-refractivity contribution in [1.29, 1.82) is 0 Å². The lowest BCUT2D eigenvalue weighted by atomic mass is 10.0. The number of rotatable bonds is 8. The predicted octanol–water partition coefficient (Wildman–Crippen LogP) is 5.32. The molecule has 0 aliphatic rings. The Balaban J connectivity index is 1.31. The van der Waals surface area contributed by atoms with Crippen LogP contribution in [0.15, 0.2) is 54.0 Å². The molecule has 4 rings (SSSR count). The van der Waals surface area contributed by atoms with E-state index < -0.39 is 0 Å². The van der Waals surface area contributed by atoms with Crippen LogP contribution in [0.4, 0.5) is 0 Å². The molecule has 160 valence electrons. The summed E-state index contributed by atoms with van der Waals surface area (Å²) >= 11 is 1.58. The number of H-pyrrole nitrogens is 1. The lowest BCUT2D eigenvalue weighted by Crippen LogP contribution is -2.27. The Bertz CT molecular complexity index is 1180. The molecule has 0 saturated carbocycles. The van der Waals surface area contributed by atoms with E-state index in [1.165, 1.54) is 5.56 Å². The number of ether oxygens (including phenoxy) is 1. The van der Waals surface area contributed by atoms with Crippen LogP contribution < -0.4 is 10.1 Å². The monoisotopic (exact) mass is 433 g/mol. The average Bonchev–Trinajstić information content (AvgIpc) is 3.40. The minimum Gasteiger partial charge on any atom is -0.497 e. The van der Waals surface area contributed by atoms with Gasteiger partial charge in [-0.3, -0.25) is 4.79 Å². The molecule has 2 heterocycles. The van der Waals surface area contributed by atoms with E-state index in [9.17, 15) is 4.79 Å². The van der Waals surface area contributed by atoms with Crippen molar-refractivity contribution in [3.63, 3.8) is 0 Å². The van der Waals surface area contributed by atoms with Gasteiger partial charge >= 0.3 is 0 Å². The molecule has 0 fully saturated rings. The summed E-state index contributed by atoms with van der Waals surface area (Å²) in [5, 5.41) is 7.06. The van der Waals surface area contributed by atoms with Crippen molar-refractivity contribution in [2.45, 2.75) is 32.6 Å². The van der Waals surface area contributed by atoms with Crippen LogP contribution in [0.1, 0.15) is 36.6 Å². The van der Waals surface area contributed by atoms with Crippen LogP contribution >= 0.6 is 11.3 Å². The normalized spacial score (nSPS) is 11.2. The molecule has 0 aliphatic carbocycles. The fraction of sp³-hybridized carbons (Fsp3) is 0.280. The largest absolute Gasteiger partial charge is 0.497 e. The molecule has 2 aromatic carbocycles. The minimum atomic E-state index is -0.00979. The molecule has 2 aromatic heterocycles. The Hall–Kier alpha value is -3.12. The minimum absolute atomic E-state index is 0.00979. The first kappa shape index (κ1) is 21.1. The van der Waals surface area contributed by atoms with Gasteiger partial charge in [-0.15, -0.1) is 11.3 Å².